The maximum absolute atomic E-state index is 12.5. The van der Waals surface area contributed by atoms with Crippen molar-refractivity contribution in [2.24, 2.45) is 5.92 Å². The van der Waals surface area contributed by atoms with Gasteiger partial charge < -0.3 is 10.1 Å². The predicted molar refractivity (Wildman–Crippen MR) is 107 cm³/mol. The molecule has 150 valence electrons. The molecular weight excluding hydrogens is 402 g/mol. The lowest BCUT2D eigenvalue weighted by Gasteiger charge is -2.29. The van der Waals surface area contributed by atoms with E-state index in [0.29, 0.717) is 35.8 Å². The van der Waals surface area contributed by atoms with Gasteiger partial charge in [-0.05, 0) is 25.0 Å². The minimum atomic E-state index is -3.30. The zero-order chi connectivity index (χ0) is 20.3. The molecular formula is C18H21N3O5S2. The third kappa shape index (κ3) is 4.75. The van der Waals surface area contributed by atoms with Gasteiger partial charge in [-0.15, -0.1) is 11.3 Å². The normalized spacial score (nSPS) is 17.9. The van der Waals surface area contributed by atoms with Gasteiger partial charge in [0.25, 0.3) is 0 Å². The van der Waals surface area contributed by atoms with Gasteiger partial charge >= 0.3 is 5.97 Å². The first kappa shape index (κ1) is 20.4. The van der Waals surface area contributed by atoms with Crippen LogP contribution in [0.4, 0.5) is 5.13 Å². The first-order chi connectivity index (χ1) is 13.3. The maximum atomic E-state index is 12.5. The smallest absolute Gasteiger partial charge is 0.337 e. The Morgan fingerprint density at radius 2 is 2.00 bits per heavy atom. The molecule has 28 heavy (non-hydrogen) atoms. The van der Waals surface area contributed by atoms with E-state index in [0.717, 1.165) is 11.8 Å². The van der Waals surface area contributed by atoms with Crippen molar-refractivity contribution in [1.82, 2.24) is 9.29 Å². The average molecular weight is 424 g/mol. The Balaban J connectivity index is 1.66. The van der Waals surface area contributed by atoms with Gasteiger partial charge in [-0.1, -0.05) is 12.1 Å². The molecule has 0 spiro atoms. The third-order valence-electron chi connectivity index (χ3n) is 4.56. The van der Waals surface area contributed by atoms with Crippen molar-refractivity contribution in [3.63, 3.8) is 0 Å². The van der Waals surface area contributed by atoms with Crippen LogP contribution in [0.3, 0.4) is 0 Å². The van der Waals surface area contributed by atoms with E-state index in [4.69, 9.17) is 0 Å². The number of hydrogen-bond acceptors (Lipinski definition) is 7. The Kier molecular flexibility index (Phi) is 6.11. The summed E-state index contributed by atoms with van der Waals surface area (Å²) in [5.41, 5.74) is 1.94. The summed E-state index contributed by atoms with van der Waals surface area (Å²) in [6.45, 7) is 0.642. The topological polar surface area (TPSA) is 106 Å². The molecule has 0 aliphatic carbocycles. The maximum Gasteiger partial charge on any atom is 0.337 e. The van der Waals surface area contributed by atoms with Gasteiger partial charge in [-0.2, -0.15) is 0 Å². The number of methoxy groups -OCH3 is 1. The predicted octanol–water partition coefficient (Wildman–Crippen LogP) is 2.21. The van der Waals surface area contributed by atoms with Crippen LogP contribution in [-0.4, -0.2) is 56.0 Å². The second kappa shape index (κ2) is 8.38. The lowest BCUT2D eigenvalue weighted by molar-refractivity contribution is -0.120. The van der Waals surface area contributed by atoms with Crippen LogP contribution in [0.1, 0.15) is 23.2 Å². The number of sulfonamides is 1. The summed E-state index contributed by atoms with van der Waals surface area (Å²) in [5, 5.41) is 5.05. The van der Waals surface area contributed by atoms with E-state index in [1.807, 2.05) is 5.38 Å². The number of ether oxygens (including phenoxy) is 1. The number of carbonyl (C=O) groups is 2. The number of thiazole rings is 1. The molecule has 1 N–H and O–H groups in total. The Bertz CT molecular complexity index is 969. The highest BCUT2D eigenvalue weighted by Crippen LogP contribution is 2.27. The van der Waals surface area contributed by atoms with Crippen LogP contribution in [-0.2, 0) is 19.6 Å². The summed E-state index contributed by atoms with van der Waals surface area (Å²) in [6, 6.07) is 6.83. The summed E-state index contributed by atoms with van der Waals surface area (Å²) in [6.07, 6.45) is 2.46. The molecule has 8 nitrogen and oxygen atoms in total. The summed E-state index contributed by atoms with van der Waals surface area (Å²) < 4.78 is 29.4. The van der Waals surface area contributed by atoms with E-state index in [9.17, 15) is 18.0 Å². The molecule has 3 rings (SSSR count). The van der Waals surface area contributed by atoms with Crippen LogP contribution in [0.5, 0.6) is 0 Å². The molecule has 2 heterocycles. The highest BCUT2D eigenvalue weighted by molar-refractivity contribution is 7.88. The molecule has 2 aromatic rings. The molecule has 1 amide bonds. The molecule has 10 heteroatoms. The zero-order valence-electron chi connectivity index (χ0n) is 15.5. The quantitative estimate of drug-likeness (QED) is 0.739. The van der Waals surface area contributed by atoms with E-state index in [1.54, 1.807) is 24.3 Å². The van der Waals surface area contributed by atoms with Crippen LogP contribution < -0.4 is 5.32 Å². The molecule has 1 saturated heterocycles. The molecule has 1 aromatic carbocycles. The zero-order valence-corrected chi connectivity index (χ0v) is 17.2. The number of esters is 1. The average Bonchev–Trinajstić information content (AvgIpc) is 3.15. The van der Waals surface area contributed by atoms with Crippen LogP contribution >= 0.6 is 11.3 Å². The third-order valence-corrected chi connectivity index (χ3v) is 6.59. The van der Waals surface area contributed by atoms with Gasteiger partial charge in [0.2, 0.25) is 15.9 Å². The Morgan fingerprint density at radius 1 is 1.29 bits per heavy atom. The summed E-state index contributed by atoms with van der Waals surface area (Å²) >= 11 is 1.29. The SMILES string of the molecule is COC(=O)c1ccc(-c2csc(NC(=O)[C@H]3CCCN(S(C)(=O)=O)C3)n2)cc1. The Labute approximate surface area is 167 Å². The summed E-state index contributed by atoms with van der Waals surface area (Å²) in [5.74, 6) is -1.03. The van der Waals surface area contributed by atoms with Crippen molar-refractivity contribution < 1.29 is 22.7 Å². The van der Waals surface area contributed by atoms with Crippen molar-refractivity contribution in [2.45, 2.75) is 12.8 Å². The highest BCUT2D eigenvalue weighted by atomic mass is 32.2. The Morgan fingerprint density at radius 3 is 2.64 bits per heavy atom. The minimum absolute atomic E-state index is 0.192. The van der Waals surface area contributed by atoms with E-state index in [-0.39, 0.29) is 12.5 Å². The van der Waals surface area contributed by atoms with Gasteiger partial charge in [-0.3, -0.25) is 4.79 Å². The van der Waals surface area contributed by atoms with Crippen LogP contribution in [0.15, 0.2) is 29.6 Å². The lowest BCUT2D eigenvalue weighted by Crippen LogP contribution is -2.43. The number of carbonyl (C=O) groups excluding carboxylic acids is 2. The fraction of sp³-hybridized carbons (Fsp3) is 0.389. The fourth-order valence-electron chi connectivity index (χ4n) is 3.02. The number of benzene rings is 1. The van der Waals surface area contributed by atoms with Crippen molar-refractivity contribution >= 4 is 38.4 Å². The lowest BCUT2D eigenvalue weighted by atomic mass is 9.99. The van der Waals surface area contributed by atoms with Crippen LogP contribution in [0, 0.1) is 5.92 Å². The summed E-state index contributed by atoms with van der Waals surface area (Å²) in [7, 11) is -1.97. The molecule has 1 fully saturated rings. The largest absolute Gasteiger partial charge is 0.465 e. The molecule has 1 aliphatic rings. The molecule has 0 radical (unpaired) electrons. The van der Waals surface area contributed by atoms with E-state index in [1.165, 1.54) is 22.8 Å². The highest BCUT2D eigenvalue weighted by Gasteiger charge is 2.30. The number of rotatable bonds is 5. The molecule has 0 bridgehead atoms. The Hall–Kier alpha value is -2.30. The van der Waals surface area contributed by atoms with Gasteiger partial charge in [0.1, 0.15) is 0 Å². The number of nitrogens with one attached hydrogen (secondary N) is 1. The second-order valence-electron chi connectivity index (χ2n) is 6.56. The number of amides is 1. The standard InChI is InChI=1S/C18H21N3O5S2/c1-26-17(23)13-7-5-12(6-8-13)15-11-27-18(19-15)20-16(22)14-4-3-9-21(10-14)28(2,24)25/h5-8,11,14H,3-4,9-10H2,1-2H3,(H,19,20,22)/t14-/m0/s1. The van der Waals surface area contributed by atoms with Crippen LogP contribution in [0.25, 0.3) is 11.3 Å². The number of anilines is 1. The number of nitrogens with zero attached hydrogens (tertiary/aromatic N) is 2. The first-order valence-electron chi connectivity index (χ1n) is 8.68. The number of aromatic nitrogens is 1. The van der Waals surface area contributed by atoms with Gasteiger partial charge in [0, 0.05) is 24.0 Å². The number of piperidine rings is 1. The van der Waals surface area contributed by atoms with E-state index in [2.05, 4.69) is 15.0 Å². The van der Waals surface area contributed by atoms with Gasteiger partial charge in [0.05, 0.1) is 30.5 Å². The number of hydrogen-bond donors (Lipinski definition) is 1. The molecule has 0 unspecified atom stereocenters. The van der Waals surface area contributed by atoms with Crippen molar-refractivity contribution in [3.05, 3.63) is 35.2 Å². The second-order valence-corrected chi connectivity index (χ2v) is 9.40. The first-order valence-corrected chi connectivity index (χ1v) is 11.4. The van der Waals surface area contributed by atoms with Crippen molar-refractivity contribution in [1.29, 1.82) is 0 Å². The van der Waals surface area contributed by atoms with Gasteiger partial charge in [-0.25, -0.2) is 22.5 Å². The summed E-state index contributed by atoms with van der Waals surface area (Å²) in [4.78, 5) is 28.4. The van der Waals surface area contributed by atoms with Crippen molar-refractivity contribution in [3.8, 4) is 11.3 Å². The molecule has 1 aliphatic heterocycles. The van der Waals surface area contributed by atoms with E-state index >= 15 is 0 Å². The minimum Gasteiger partial charge on any atom is -0.465 e. The monoisotopic (exact) mass is 423 g/mol. The molecule has 1 aromatic heterocycles. The molecule has 0 saturated carbocycles. The van der Waals surface area contributed by atoms with E-state index < -0.39 is 21.9 Å². The molecule has 1 atom stereocenters. The van der Waals surface area contributed by atoms with Crippen molar-refractivity contribution in [2.75, 3.05) is 31.8 Å². The fourth-order valence-corrected chi connectivity index (χ4v) is 4.66. The van der Waals surface area contributed by atoms with Crippen LogP contribution in [0.2, 0.25) is 0 Å². The van der Waals surface area contributed by atoms with Gasteiger partial charge in [0.15, 0.2) is 5.13 Å².